The zero-order valence-electron chi connectivity index (χ0n) is 13.8. The fourth-order valence-electron chi connectivity index (χ4n) is 2.77. The first-order valence-electron chi connectivity index (χ1n) is 8.60. The lowest BCUT2D eigenvalue weighted by Gasteiger charge is -2.01. The van der Waals surface area contributed by atoms with Gasteiger partial charge in [-0.05, 0) is 25.0 Å². The highest BCUT2D eigenvalue weighted by molar-refractivity contribution is 5.09. The number of rotatable bonds is 10. The standard InChI is InChI=1S/C19H26N2O2/c22-18-10-8-14-20(16-18)12-6-4-2-1-3-5-7-13-21-15-9-11-19(23)17-21/h8-11,14-17H,1-7,12-13H2/p+2. The number of hydrogen-bond acceptors (Lipinski definition) is 2. The maximum Gasteiger partial charge on any atom is 0.210 e. The van der Waals surface area contributed by atoms with Crippen LogP contribution in [0.1, 0.15) is 44.9 Å². The Hall–Kier alpha value is -2.10. The van der Waals surface area contributed by atoms with Crippen LogP contribution in [0.3, 0.4) is 0 Å². The largest absolute Gasteiger partial charge is 0.503 e. The molecule has 0 bridgehead atoms. The van der Waals surface area contributed by atoms with E-state index in [1.54, 1.807) is 24.5 Å². The van der Waals surface area contributed by atoms with E-state index < -0.39 is 0 Å². The summed E-state index contributed by atoms with van der Waals surface area (Å²) in [6.07, 6.45) is 16.2. The highest BCUT2D eigenvalue weighted by Crippen LogP contribution is 2.08. The molecule has 2 aromatic rings. The van der Waals surface area contributed by atoms with Crippen LogP contribution >= 0.6 is 0 Å². The van der Waals surface area contributed by atoms with Crippen molar-refractivity contribution in [3.05, 3.63) is 49.1 Å². The predicted molar refractivity (Wildman–Crippen MR) is 88.9 cm³/mol. The van der Waals surface area contributed by atoms with E-state index in [-0.39, 0.29) is 0 Å². The highest BCUT2D eigenvalue weighted by Gasteiger charge is 2.02. The second-order valence-corrected chi connectivity index (χ2v) is 6.07. The minimum atomic E-state index is 0.331. The van der Waals surface area contributed by atoms with Crippen molar-refractivity contribution in [1.82, 2.24) is 0 Å². The molecule has 4 heteroatoms. The first kappa shape index (κ1) is 17.3. The summed E-state index contributed by atoms with van der Waals surface area (Å²) in [6.45, 7) is 1.95. The lowest BCUT2D eigenvalue weighted by atomic mass is 10.1. The average molecular weight is 316 g/mol. The van der Waals surface area contributed by atoms with Gasteiger partial charge in [0.2, 0.25) is 12.4 Å². The SMILES string of the molecule is Oc1ccc[n+](CCCCCCCCC[n+]2cccc(O)c2)c1. The predicted octanol–water partition coefficient (Wildman–Crippen LogP) is 3.10. The van der Waals surface area contributed by atoms with Gasteiger partial charge in [0.15, 0.2) is 23.9 Å². The van der Waals surface area contributed by atoms with E-state index in [0.29, 0.717) is 11.5 Å². The molecule has 124 valence electrons. The van der Waals surface area contributed by atoms with Crippen molar-refractivity contribution >= 4 is 0 Å². The van der Waals surface area contributed by atoms with Gasteiger partial charge >= 0.3 is 0 Å². The molecule has 2 heterocycles. The Kier molecular flexibility index (Phi) is 7.37. The van der Waals surface area contributed by atoms with Gasteiger partial charge in [0, 0.05) is 25.0 Å². The Labute approximate surface area is 138 Å². The van der Waals surface area contributed by atoms with Crippen molar-refractivity contribution in [2.75, 3.05) is 0 Å². The van der Waals surface area contributed by atoms with Crippen molar-refractivity contribution < 1.29 is 19.3 Å². The average Bonchev–Trinajstić information content (AvgIpc) is 2.53. The summed E-state index contributed by atoms with van der Waals surface area (Å²) >= 11 is 0. The molecule has 23 heavy (non-hydrogen) atoms. The van der Waals surface area contributed by atoms with Crippen LogP contribution in [0.4, 0.5) is 0 Å². The molecule has 0 radical (unpaired) electrons. The van der Waals surface area contributed by atoms with Gasteiger partial charge in [0.05, 0.1) is 0 Å². The molecule has 0 spiro atoms. The van der Waals surface area contributed by atoms with Gasteiger partial charge in [-0.2, -0.15) is 0 Å². The minimum Gasteiger partial charge on any atom is -0.503 e. The lowest BCUT2D eigenvalue weighted by Crippen LogP contribution is -2.32. The van der Waals surface area contributed by atoms with Gasteiger partial charge in [-0.15, -0.1) is 0 Å². The van der Waals surface area contributed by atoms with Gasteiger partial charge in [0.1, 0.15) is 13.1 Å². The Morgan fingerprint density at radius 3 is 1.39 bits per heavy atom. The van der Waals surface area contributed by atoms with Gasteiger partial charge < -0.3 is 10.2 Å². The van der Waals surface area contributed by atoms with Crippen LogP contribution in [0.2, 0.25) is 0 Å². The smallest absolute Gasteiger partial charge is 0.210 e. The van der Waals surface area contributed by atoms with Gasteiger partial charge in [-0.1, -0.05) is 19.3 Å². The van der Waals surface area contributed by atoms with Crippen LogP contribution in [0.15, 0.2) is 49.1 Å². The quantitative estimate of drug-likeness (QED) is 0.523. The number of pyridine rings is 2. The number of aryl methyl sites for hydroxylation is 2. The van der Waals surface area contributed by atoms with Crippen molar-refractivity contribution in [2.24, 2.45) is 0 Å². The van der Waals surface area contributed by atoms with Gasteiger partial charge in [-0.3, -0.25) is 0 Å². The van der Waals surface area contributed by atoms with Gasteiger partial charge in [0.25, 0.3) is 0 Å². The molecule has 0 fully saturated rings. The maximum absolute atomic E-state index is 9.40. The molecule has 2 rings (SSSR count). The monoisotopic (exact) mass is 316 g/mol. The molecule has 0 aliphatic carbocycles. The third kappa shape index (κ3) is 7.13. The van der Waals surface area contributed by atoms with Crippen LogP contribution < -0.4 is 9.13 Å². The minimum absolute atomic E-state index is 0.331. The Morgan fingerprint density at radius 2 is 1.00 bits per heavy atom. The molecule has 0 unspecified atom stereocenters. The topological polar surface area (TPSA) is 48.2 Å². The summed E-state index contributed by atoms with van der Waals surface area (Å²) in [6, 6.07) is 7.15. The zero-order chi connectivity index (χ0) is 16.3. The second kappa shape index (κ2) is 9.82. The van der Waals surface area contributed by atoms with Crippen LogP contribution in [-0.4, -0.2) is 10.2 Å². The summed E-state index contributed by atoms with van der Waals surface area (Å²) in [5, 5.41) is 18.8. The highest BCUT2D eigenvalue weighted by atomic mass is 16.3. The third-order valence-corrected chi connectivity index (χ3v) is 4.02. The fourth-order valence-corrected chi connectivity index (χ4v) is 2.77. The van der Waals surface area contributed by atoms with Crippen molar-refractivity contribution in [3.8, 4) is 11.5 Å². The number of aromatic hydroxyl groups is 2. The molecule has 0 saturated heterocycles. The van der Waals surface area contributed by atoms with E-state index in [1.165, 1.54) is 32.1 Å². The van der Waals surface area contributed by atoms with E-state index in [9.17, 15) is 10.2 Å². The van der Waals surface area contributed by atoms with E-state index in [1.807, 2.05) is 33.7 Å². The van der Waals surface area contributed by atoms with Crippen molar-refractivity contribution in [3.63, 3.8) is 0 Å². The number of unbranched alkanes of at least 4 members (excludes halogenated alkanes) is 6. The molecule has 0 aliphatic heterocycles. The Balaban J connectivity index is 1.45. The molecule has 2 N–H and O–H groups in total. The van der Waals surface area contributed by atoms with E-state index in [4.69, 9.17) is 0 Å². The lowest BCUT2D eigenvalue weighted by molar-refractivity contribution is -0.697. The van der Waals surface area contributed by atoms with Crippen molar-refractivity contribution in [2.45, 2.75) is 58.0 Å². The summed E-state index contributed by atoms with van der Waals surface area (Å²) in [5.74, 6) is 0.661. The molecular weight excluding hydrogens is 288 g/mol. The molecule has 4 nitrogen and oxygen atoms in total. The van der Waals surface area contributed by atoms with Crippen LogP contribution in [0, 0.1) is 0 Å². The third-order valence-electron chi connectivity index (χ3n) is 4.02. The summed E-state index contributed by atoms with van der Waals surface area (Å²) in [4.78, 5) is 0. The fraction of sp³-hybridized carbons (Fsp3) is 0.474. The van der Waals surface area contributed by atoms with Crippen LogP contribution in [0.5, 0.6) is 11.5 Å². The second-order valence-electron chi connectivity index (χ2n) is 6.07. The first-order valence-corrected chi connectivity index (χ1v) is 8.60. The molecular formula is C19H28N2O2+2. The number of hydrogen-bond donors (Lipinski definition) is 2. The van der Waals surface area contributed by atoms with E-state index in [0.717, 1.165) is 25.9 Å². The van der Waals surface area contributed by atoms with E-state index >= 15 is 0 Å². The van der Waals surface area contributed by atoms with Crippen LogP contribution in [-0.2, 0) is 13.1 Å². The molecule has 0 aromatic carbocycles. The Bertz CT molecular complexity index is 536. The van der Waals surface area contributed by atoms with E-state index in [2.05, 4.69) is 0 Å². The molecule has 0 saturated carbocycles. The summed E-state index contributed by atoms with van der Waals surface area (Å²) in [5.41, 5.74) is 0. The first-order chi connectivity index (χ1) is 11.2. The zero-order valence-corrected chi connectivity index (χ0v) is 13.8. The molecule has 2 aromatic heterocycles. The molecule has 0 aliphatic rings. The Morgan fingerprint density at radius 1 is 0.609 bits per heavy atom. The summed E-state index contributed by atoms with van der Waals surface area (Å²) in [7, 11) is 0. The number of aromatic nitrogens is 2. The maximum atomic E-state index is 9.40. The van der Waals surface area contributed by atoms with Crippen molar-refractivity contribution in [1.29, 1.82) is 0 Å². The normalized spacial score (nSPS) is 10.8. The molecule has 0 amide bonds. The number of nitrogens with zero attached hydrogens (tertiary/aromatic N) is 2. The summed E-state index contributed by atoms with van der Waals surface area (Å²) < 4.78 is 4.09. The van der Waals surface area contributed by atoms with Crippen LogP contribution in [0.25, 0.3) is 0 Å². The molecule has 0 atom stereocenters. The van der Waals surface area contributed by atoms with Gasteiger partial charge in [-0.25, -0.2) is 9.13 Å².